The van der Waals surface area contributed by atoms with Crippen LogP contribution in [0.5, 0.6) is 0 Å². The van der Waals surface area contributed by atoms with Gasteiger partial charge in [0.25, 0.3) is 5.91 Å². The van der Waals surface area contributed by atoms with Gasteiger partial charge in [-0.25, -0.2) is 0 Å². The van der Waals surface area contributed by atoms with Gasteiger partial charge in [0, 0.05) is 25.6 Å². The van der Waals surface area contributed by atoms with Crippen molar-refractivity contribution in [3.63, 3.8) is 0 Å². The largest absolute Gasteiger partial charge is 0.354 e. The molecule has 0 radical (unpaired) electrons. The van der Waals surface area contributed by atoms with Crippen molar-refractivity contribution in [2.45, 2.75) is 19.4 Å². The van der Waals surface area contributed by atoms with Gasteiger partial charge in [-0.1, -0.05) is 28.9 Å². The Morgan fingerprint density at radius 3 is 2.81 bits per heavy atom. The maximum absolute atomic E-state index is 13.6. The predicted molar refractivity (Wildman–Crippen MR) is 115 cm³/mol. The van der Waals surface area contributed by atoms with Crippen LogP contribution in [0.3, 0.4) is 0 Å². The smallest absolute Gasteiger partial charge is 0.256 e. The minimum absolute atomic E-state index is 0.0197. The Labute approximate surface area is 179 Å². The molecule has 2 aromatic carbocycles. The summed E-state index contributed by atoms with van der Waals surface area (Å²) in [7, 11) is 0. The number of rotatable bonds is 3. The SMILES string of the molecule is Cc1ccc(-n2nccn2)c(C(=O)N2CC[C@H]3CN(c4noc5ccccc45)[C@H]3C2)c1. The molecule has 4 aromatic rings. The molecule has 2 fully saturated rings. The molecule has 2 aromatic heterocycles. The standard InChI is InChI=1S/C23H22N6O2/c1-15-6-7-19(29-24-9-10-25-29)18(12-15)23(30)27-11-8-16-13-28(20(16)14-27)22-17-4-2-3-5-21(17)31-26-22/h2-7,9-10,12,16,20H,8,11,13-14H2,1H3/t16-,20-/m0/s1. The molecule has 0 unspecified atom stereocenters. The van der Waals surface area contributed by atoms with Crippen LogP contribution in [0, 0.1) is 12.8 Å². The van der Waals surface area contributed by atoms with Gasteiger partial charge in [-0.3, -0.25) is 4.79 Å². The number of nitrogens with zero attached hydrogens (tertiary/aromatic N) is 6. The number of aryl methyl sites for hydroxylation is 1. The monoisotopic (exact) mass is 414 g/mol. The third kappa shape index (κ3) is 2.90. The topological polar surface area (TPSA) is 80.3 Å². The highest BCUT2D eigenvalue weighted by Crippen LogP contribution is 2.39. The first-order valence-electron chi connectivity index (χ1n) is 10.6. The van der Waals surface area contributed by atoms with Gasteiger partial charge < -0.3 is 14.3 Å². The molecule has 4 heterocycles. The minimum Gasteiger partial charge on any atom is -0.354 e. The molecule has 0 N–H and O–H groups in total. The number of hydrogen-bond acceptors (Lipinski definition) is 6. The summed E-state index contributed by atoms with van der Waals surface area (Å²) in [5.74, 6) is 1.47. The fraction of sp³-hybridized carbons (Fsp3) is 0.304. The van der Waals surface area contributed by atoms with Crippen molar-refractivity contribution < 1.29 is 9.32 Å². The highest BCUT2D eigenvalue weighted by Gasteiger charge is 2.45. The van der Waals surface area contributed by atoms with E-state index in [-0.39, 0.29) is 11.9 Å². The molecule has 0 spiro atoms. The number of carbonyl (C=O) groups is 1. The third-order valence-electron chi connectivity index (χ3n) is 6.49. The molecule has 0 bridgehead atoms. The number of hydrogen-bond donors (Lipinski definition) is 0. The first-order valence-corrected chi connectivity index (χ1v) is 10.6. The average molecular weight is 414 g/mol. The Hall–Kier alpha value is -3.68. The minimum atomic E-state index is 0.0197. The van der Waals surface area contributed by atoms with Crippen molar-refractivity contribution in [1.29, 1.82) is 0 Å². The van der Waals surface area contributed by atoms with E-state index in [1.807, 2.05) is 54.3 Å². The van der Waals surface area contributed by atoms with Crippen LogP contribution in [-0.4, -0.2) is 56.6 Å². The number of likely N-dealkylation sites (tertiary alicyclic amines) is 1. The number of aromatic nitrogens is 4. The predicted octanol–water partition coefficient (Wildman–Crippen LogP) is 3.07. The van der Waals surface area contributed by atoms with Crippen LogP contribution in [0.25, 0.3) is 16.7 Å². The van der Waals surface area contributed by atoms with E-state index >= 15 is 0 Å². The molecule has 8 heteroatoms. The number of benzene rings is 2. The number of piperidine rings is 1. The van der Waals surface area contributed by atoms with Crippen molar-refractivity contribution in [2.75, 3.05) is 24.5 Å². The summed E-state index contributed by atoms with van der Waals surface area (Å²) in [6, 6.07) is 14.0. The van der Waals surface area contributed by atoms with Gasteiger partial charge in [-0.2, -0.15) is 15.0 Å². The molecule has 2 saturated heterocycles. The lowest BCUT2D eigenvalue weighted by atomic mass is 9.82. The van der Waals surface area contributed by atoms with Gasteiger partial charge in [-0.15, -0.1) is 0 Å². The summed E-state index contributed by atoms with van der Waals surface area (Å²) in [4.78, 5) is 19.3. The second-order valence-corrected chi connectivity index (χ2v) is 8.36. The Balaban J connectivity index is 1.28. The van der Waals surface area contributed by atoms with E-state index < -0.39 is 0 Å². The zero-order chi connectivity index (χ0) is 20.9. The second kappa shape index (κ2) is 6.94. The van der Waals surface area contributed by atoms with Crippen molar-refractivity contribution in [3.05, 3.63) is 66.0 Å². The number of amides is 1. The molecule has 156 valence electrons. The molecule has 2 aliphatic rings. The van der Waals surface area contributed by atoms with Crippen LogP contribution in [-0.2, 0) is 0 Å². The summed E-state index contributed by atoms with van der Waals surface area (Å²) in [5, 5.41) is 13.8. The van der Waals surface area contributed by atoms with E-state index in [1.54, 1.807) is 12.4 Å². The lowest BCUT2D eigenvalue weighted by Crippen LogP contribution is -2.65. The van der Waals surface area contributed by atoms with Crippen molar-refractivity contribution in [1.82, 2.24) is 25.1 Å². The first-order chi connectivity index (χ1) is 15.2. The lowest BCUT2D eigenvalue weighted by Gasteiger charge is -2.53. The van der Waals surface area contributed by atoms with Crippen LogP contribution in [0.4, 0.5) is 5.82 Å². The van der Waals surface area contributed by atoms with E-state index in [4.69, 9.17) is 4.52 Å². The molecular weight excluding hydrogens is 392 g/mol. The molecule has 8 nitrogen and oxygen atoms in total. The van der Waals surface area contributed by atoms with Gasteiger partial charge in [0.15, 0.2) is 11.4 Å². The quantitative estimate of drug-likeness (QED) is 0.513. The summed E-state index contributed by atoms with van der Waals surface area (Å²) in [6.45, 7) is 4.38. The number of fused-ring (bicyclic) bond motifs is 2. The molecule has 2 atom stereocenters. The van der Waals surface area contributed by atoms with E-state index in [2.05, 4.69) is 20.3 Å². The summed E-state index contributed by atoms with van der Waals surface area (Å²) < 4.78 is 5.51. The molecule has 31 heavy (non-hydrogen) atoms. The highest BCUT2D eigenvalue weighted by molar-refractivity contribution is 5.98. The van der Waals surface area contributed by atoms with E-state index in [9.17, 15) is 4.79 Å². The molecule has 6 rings (SSSR count). The van der Waals surface area contributed by atoms with Gasteiger partial charge >= 0.3 is 0 Å². The van der Waals surface area contributed by atoms with Crippen LogP contribution in [0.1, 0.15) is 22.3 Å². The Kier molecular flexibility index (Phi) is 4.05. The van der Waals surface area contributed by atoms with Gasteiger partial charge in [0.1, 0.15) is 0 Å². The Bertz CT molecular complexity index is 1260. The zero-order valence-electron chi connectivity index (χ0n) is 17.2. The van der Waals surface area contributed by atoms with Crippen molar-refractivity contribution >= 4 is 22.7 Å². The maximum Gasteiger partial charge on any atom is 0.256 e. The van der Waals surface area contributed by atoms with Crippen LogP contribution < -0.4 is 4.90 Å². The molecule has 1 amide bonds. The summed E-state index contributed by atoms with van der Waals surface area (Å²) in [6.07, 6.45) is 4.23. The third-order valence-corrected chi connectivity index (χ3v) is 6.49. The molecule has 2 aliphatic heterocycles. The zero-order valence-corrected chi connectivity index (χ0v) is 17.2. The number of anilines is 1. The average Bonchev–Trinajstić information content (AvgIpc) is 3.45. The van der Waals surface area contributed by atoms with Gasteiger partial charge in [0.2, 0.25) is 0 Å². The van der Waals surface area contributed by atoms with Gasteiger partial charge in [0.05, 0.1) is 35.1 Å². The van der Waals surface area contributed by atoms with Gasteiger partial charge in [-0.05, 0) is 37.6 Å². The van der Waals surface area contributed by atoms with Crippen molar-refractivity contribution in [3.8, 4) is 5.69 Å². The normalized spacial score (nSPS) is 20.5. The molecule has 0 saturated carbocycles. The van der Waals surface area contributed by atoms with E-state index in [0.29, 0.717) is 23.7 Å². The summed E-state index contributed by atoms with van der Waals surface area (Å²) in [5.41, 5.74) is 3.16. The van der Waals surface area contributed by atoms with E-state index in [1.165, 1.54) is 4.80 Å². The Morgan fingerprint density at radius 1 is 1.10 bits per heavy atom. The number of carbonyl (C=O) groups excluding carboxylic acids is 1. The lowest BCUT2D eigenvalue weighted by molar-refractivity contribution is 0.0590. The first kappa shape index (κ1) is 18.1. The summed E-state index contributed by atoms with van der Waals surface area (Å²) >= 11 is 0. The van der Waals surface area contributed by atoms with Crippen LogP contribution in [0.15, 0.2) is 59.4 Å². The van der Waals surface area contributed by atoms with E-state index in [0.717, 1.165) is 41.9 Å². The van der Waals surface area contributed by atoms with Crippen molar-refractivity contribution in [2.24, 2.45) is 5.92 Å². The molecular formula is C23H22N6O2. The molecule has 0 aliphatic carbocycles. The highest BCUT2D eigenvalue weighted by atomic mass is 16.5. The number of para-hydroxylation sites is 1. The fourth-order valence-corrected chi connectivity index (χ4v) is 4.81. The fourth-order valence-electron chi connectivity index (χ4n) is 4.81. The Morgan fingerprint density at radius 2 is 1.94 bits per heavy atom. The maximum atomic E-state index is 13.6. The second-order valence-electron chi connectivity index (χ2n) is 8.36. The van der Waals surface area contributed by atoms with Crippen LogP contribution in [0.2, 0.25) is 0 Å². The van der Waals surface area contributed by atoms with Crippen LogP contribution >= 0.6 is 0 Å².